The zero-order valence-electron chi connectivity index (χ0n) is 17.0. The highest BCUT2D eigenvalue weighted by Crippen LogP contribution is 2.35. The molecule has 158 valence electrons. The first kappa shape index (κ1) is 21.1. The van der Waals surface area contributed by atoms with E-state index in [-0.39, 0.29) is 19.1 Å². The highest BCUT2D eigenvalue weighted by atomic mass is 32.1. The summed E-state index contributed by atoms with van der Waals surface area (Å²) in [4.78, 5) is 17.5. The van der Waals surface area contributed by atoms with Crippen LogP contribution in [0.1, 0.15) is 21.5 Å². The molecule has 0 bridgehead atoms. The lowest BCUT2D eigenvalue weighted by atomic mass is 10.1. The molecule has 3 aromatic heterocycles. The van der Waals surface area contributed by atoms with Crippen LogP contribution in [-0.2, 0) is 11.3 Å². The third-order valence-electron chi connectivity index (χ3n) is 4.56. The van der Waals surface area contributed by atoms with Gasteiger partial charge in [-0.3, -0.25) is 0 Å². The van der Waals surface area contributed by atoms with Crippen LogP contribution in [0.15, 0.2) is 83.3 Å². The van der Waals surface area contributed by atoms with Crippen molar-refractivity contribution in [2.24, 2.45) is 0 Å². The number of nitrogens with zero attached hydrogens (tertiary/aromatic N) is 2. The van der Waals surface area contributed by atoms with E-state index in [1.54, 1.807) is 54.0 Å². The van der Waals surface area contributed by atoms with Gasteiger partial charge in [0.15, 0.2) is 0 Å². The summed E-state index contributed by atoms with van der Waals surface area (Å²) in [7, 11) is 0. The second-order valence-corrected chi connectivity index (χ2v) is 7.62. The fourth-order valence-electron chi connectivity index (χ4n) is 3.02. The molecule has 0 unspecified atom stereocenters. The average molecular weight is 442 g/mol. The molecule has 4 rings (SSSR count). The fraction of sp³-hybridized carbons (Fsp3) is 0.0800. The lowest BCUT2D eigenvalue weighted by Gasteiger charge is -2.12. The van der Waals surface area contributed by atoms with Crippen molar-refractivity contribution in [1.29, 1.82) is 5.26 Å². The number of hydrogen-bond donors (Lipinski definition) is 0. The van der Waals surface area contributed by atoms with Crippen LogP contribution in [0.4, 0.5) is 0 Å². The van der Waals surface area contributed by atoms with Crippen molar-refractivity contribution in [3.63, 3.8) is 0 Å². The van der Waals surface area contributed by atoms with E-state index in [1.165, 1.54) is 6.08 Å². The molecular formula is C25H18N2O4S. The molecule has 0 aliphatic carbocycles. The number of thiophene rings is 1. The van der Waals surface area contributed by atoms with Gasteiger partial charge in [0.1, 0.15) is 30.6 Å². The van der Waals surface area contributed by atoms with E-state index in [2.05, 4.69) is 17.6 Å². The molecule has 3 heterocycles. The molecule has 0 spiro atoms. The summed E-state index contributed by atoms with van der Waals surface area (Å²) in [6.07, 6.45) is 3.07. The highest BCUT2D eigenvalue weighted by Gasteiger charge is 2.19. The number of ether oxygens (including phenoxy) is 2. The second-order valence-electron chi connectivity index (χ2n) is 6.67. The van der Waals surface area contributed by atoms with E-state index in [0.29, 0.717) is 28.1 Å². The Morgan fingerprint density at radius 2 is 2.06 bits per heavy atom. The minimum Gasteiger partial charge on any atom is -0.472 e. The predicted octanol–water partition coefficient (Wildman–Crippen LogP) is 5.86. The molecule has 6 nitrogen and oxygen atoms in total. The Hall–Kier alpha value is -4.15. The molecule has 0 atom stereocenters. The number of aromatic nitrogens is 1. The number of nitriles is 1. The summed E-state index contributed by atoms with van der Waals surface area (Å²) in [6, 6.07) is 18.4. The zero-order valence-corrected chi connectivity index (χ0v) is 17.8. The number of esters is 1. The Bertz CT molecular complexity index is 1250. The van der Waals surface area contributed by atoms with Crippen molar-refractivity contribution in [3.05, 3.63) is 95.6 Å². The third-order valence-corrected chi connectivity index (χ3v) is 5.45. The van der Waals surface area contributed by atoms with Gasteiger partial charge >= 0.3 is 5.97 Å². The molecule has 0 saturated carbocycles. The topological polar surface area (TPSA) is 85.3 Å². The first-order valence-electron chi connectivity index (χ1n) is 9.72. The Morgan fingerprint density at radius 1 is 1.22 bits per heavy atom. The maximum absolute atomic E-state index is 11.9. The van der Waals surface area contributed by atoms with Gasteiger partial charge in [-0.2, -0.15) is 5.26 Å². The fourth-order valence-corrected chi connectivity index (χ4v) is 3.70. The number of pyridine rings is 1. The van der Waals surface area contributed by atoms with Gasteiger partial charge in [0.2, 0.25) is 5.88 Å². The molecule has 0 radical (unpaired) electrons. The van der Waals surface area contributed by atoms with E-state index in [0.717, 1.165) is 10.4 Å². The summed E-state index contributed by atoms with van der Waals surface area (Å²) in [6.45, 7) is 3.86. The van der Waals surface area contributed by atoms with Crippen molar-refractivity contribution in [2.75, 3.05) is 6.61 Å². The van der Waals surface area contributed by atoms with Crippen molar-refractivity contribution in [1.82, 2.24) is 4.98 Å². The zero-order chi connectivity index (χ0) is 22.3. The number of furan rings is 1. The standard InChI is InChI=1S/C25H18N2O4S/c1-2-11-30-25(28)18-9-7-17(8-10-18)16-31-24-20(15-26)19(22-5-3-12-29-22)14-21(27-24)23-6-4-13-32-23/h2-10,12-14H,1,11,16H2. The van der Waals surface area contributed by atoms with Gasteiger partial charge in [-0.1, -0.05) is 30.9 Å². The smallest absolute Gasteiger partial charge is 0.338 e. The number of rotatable bonds is 8. The van der Waals surface area contributed by atoms with Gasteiger partial charge in [0.25, 0.3) is 0 Å². The van der Waals surface area contributed by atoms with Crippen molar-refractivity contribution in [3.8, 4) is 33.8 Å². The van der Waals surface area contributed by atoms with Crippen LogP contribution >= 0.6 is 11.3 Å². The summed E-state index contributed by atoms with van der Waals surface area (Å²) < 4.78 is 16.5. The monoisotopic (exact) mass is 442 g/mol. The highest BCUT2D eigenvalue weighted by molar-refractivity contribution is 7.13. The maximum atomic E-state index is 11.9. The maximum Gasteiger partial charge on any atom is 0.338 e. The quantitative estimate of drug-likeness (QED) is 0.251. The summed E-state index contributed by atoms with van der Waals surface area (Å²) in [5.74, 6) is 0.366. The molecule has 0 fully saturated rings. The van der Waals surface area contributed by atoms with Gasteiger partial charge in [0, 0.05) is 5.56 Å². The first-order valence-corrected chi connectivity index (χ1v) is 10.6. The lowest BCUT2D eigenvalue weighted by Crippen LogP contribution is -2.06. The van der Waals surface area contributed by atoms with Crippen LogP contribution in [0.25, 0.3) is 21.9 Å². The van der Waals surface area contributed by atoms with Crippen molar-refractivity contribution < 1.29 is 18.7 Å². The van der Waals surface area contributed by atoms with Gasteiger partial charge in [-0.25, -0.2) is 9.78 Å². The van der Waals surface area contributed by atoms with Crippen LogP contribution in [0.5, 0.6) is 5.88 Å². The summed E-state index contributed by atoms with van der Waals surface area (Å²) in [5.41, 5.74) is 2.86. The van der Waals surface area contributed by atoms with Crippen LogP contribution < -0.4 is 4.74 Å². The molecular weight excluding hydrogens is 424 g/mol. The molecule has 0 aliphatic rings. The van der Waals surface area contributed by atoms with E-state index < -0.39 is 5.97 Å². The second kappa shape index (κ2) is 9.77. The molecule has 32 heavy (non-hydrogen) atoms. The number of benzene rings is 1. The van der Waals surface area contributed by atoms with E-state index in [1.807, 2.05) is 23.6 Å². The Labute approximate surface area is 189 Å². The number of carbonyl (C=O) groups is 1. The first-order chi connectivity index (χ1) is 15.7. The average Bonchev–Trinajstić information content (AvgIpc) is 3.55. The SMILES string of the molecule is C=CCOC(=O)c1ccc(COc2nc(-c3cccs3)cc(-c3ccco3)c2C#N)cc1. The molecule has 0 N–H and O–H groups in total. The summed E-state index contributed by atoms with van der Waals surface area (Å²) in [5, 5.41) is 11.8. The van der Waals surface area contributed by atoms with Crippen LogP contribution in [0.3, 0.4) is 0 Å². The van der Waals surface area contributed by atoms with Gasteiger partial charge in [-0.05, 0) is 47.3 Å². The molecule has 7 heteroatoms. The van der Waals surface area contributed by atoms with Gasteiger partial charge in [0.05, 0.1) is 22.4 Å². The third kappa shape index (κ3) is 4.61. The van der Waals surface area contributed by atoms with E-state index in [9.17, 15) is 10.1 Å². The Morgan fingerprint density at radius 3 is 2.72 bits per heavy atom. The minimum atomic E-state index is -0.419. The normalized spacial score (nSPS) is 10.3. The minimum absolute atomic E-state index is 0.158. The van der Waals surface area contributed by atoms with E-state index >= 15 is 0 Å². The molecule has 1 aromatic carbocycles. The largest absolute Gasteiger partial charge is 0.472 e. The molecule has 0 amide bonds. The van der Waals surface area contributed by atoms with Gasteiger partial charge < -0.3 is 13.9 Å². The predicted molar refractivity (Wildman–Crippen MR) is 121 cm³/mol. The lowest BCUT2D eigenvalue weighted by molar-refractivity contribution is 0.0549. The Kier molecular flexibility index (Phi) is 6.44. The number of carbonyl (C=O) groups excluding carboxylic acids is 1. The molecule has 0 saturated heterocycles. The molecule has 4 aromatic rings. The van der Waals surface area contributed by atoms with Crippen LogP contribution in [-0.4, -0.2) is 17.6 Å². The molecule has 0 aliphatic heterocycles. The van der Waals surface area contributed by atoms with Crippen molar-refractivity contribution in [2.45, 2.75) is 6.61 Å². The van der Waals surface area contributed by atoms with Crippen molar-refractivity contribution >= 4 is 17.3 Å². The summed E-state index contributed by atoms with van der Waals surface area (Å²) >= 11 is 1.55. The van der Waals surface area contributed by atoms with E-state index in [4.69, 9.17) is 13.9 Å². The Balaban J connectivity index is 1.61. The number of hydrogen-bond acceptors (Lipinski definition) is 7. The van der Waals surface area contributed by atoms with Crippen LogP contribution in [0, 0.1) is 11.3 Å². The van der Waals surface area contributed by atoms with Crippen LogP contribution in [0.2, 0.25) is 0 Å². The van der Waals surface area contributed by atoms with Gasteiger partial charge in [-0.15, -0.1) is 11.3 Å².